The summed E-state index contributed by atoms with van der Waals surface area (Å²) >= 11 is 3.31. The molecule has 5 nitrogen and oxygen atoms in total. The van der Waals surface area contributed by atoms with E-state index in [4.69, 9.17) is 0 Å². The first-order valence-electron chi connectivity index (χ1n) is 5.41. The monoisotopic (exact) mass is 302 g/mol. The maximum atomic E-state index is 10.1. The number of rotatable bonds is 5. The molecule has 0 fully saturated rings. The average Bonchev–Trinajstić information content (AvgIpc) is 2.11. The minimum absolute atomic E-state index is 0.439. The lowest BCUT2D eigenvalue weighted by Crippen LogP contribution is -2.43. The van der Waals surface area contributed by atoms with E-state index in [1.54, 1.807) is 13.0 Å². The van der Waals surface area contributed by atoms with Crippen LogP contribution in [0, 0.1) is 6.92 Å². The number of hydrogen-bond acceptors (Lipinski definition) is 5. The Hall–Kier alpha value is -0.720. The van der Waals surface area contributed by atoms with Gasteiger partial charge < -0.3 is 15.3 Å². The van der Waals surface area contributed by atoms with Crippen molar-refractivity contribution in [2.75, 3.05) is 32.5 Å². The second-order valence-electron chi connectivity index (χ2n) is 4.71. The highest BCUT2D eigenvalue weighted by atomic mass is 79.9. The van der Waals surface area contributed by atoms with Crippen LogP contribution < -0.4 is 5.32 Å². The highest BCUT2D eigenvalue weighted by molar-refractivity contribution is 9.10. The van der Waals surface area contributed by atoms with E-state index >= 15 is 0 Å². The molecule has 1 rings (SSSR count). The Balaban J connectivity index is 2.60. The molecule has 1 atom stereocenters. The lowest BCUT2D eigenvalue weighted by Gasteiger charge is -2.27. The lowest BCUT2D eigenvalue weighted by molar-refractivity contribution is 0.0459. The van der Waals surface area contributed by atoms with Gasteiger partial charge in [0.25, 0.3) is 0 Å². The van der Waals surface area contributed by atoms with Gasteiger partial charge in [-0.2, -0.15) is 0 Å². The molecule has 0 aliphatic carbocycles. The van der Waals surface area contributed by atoms with Crippen molar-refractivity contribution < 1.29 is 5.11 Å². The molecule has 0 saturated heterocycles. The molecule has 0 aromatic carbocycles. The minimum Gasteiger partial charge on any atom is -0.387 e. The summed E-state index contributed by atoms with van der Waals surface area (Å²) < 4.78 is 0.736. The number of likely N-dealkylation sites (N-methyl/N-ethyl adjacent to an activating group) is 1. The SMILES string of the molecule is Cc1nc(Br)cc(NCC(C)(O)CN(C)C)n1. The maximum Gasteiger partial charge on any atom is 0.130 e. The molecular formula is C11H19BrN4O. The topological polar surface area (TPSA) is 61.3 Å². The Morgan fingerprint density at radius 2 is 2.12 bits per heavy atom. The lowest BCUT2D eigenvalue weighted by atomic mass is 10.1. The fraction of sp³-hybridized carbons (Fsp3) is 0.636. The van der Waals surface area contributed by atoms with Crippen LogP contribution in [0.1, 0.15) is 12.7 Å². The minimum atomic E-state index is -0.797. The molecule has 0 aliphatic heterocycles. The van der Waals surface area contributed by atoms with Crippen molar-refractivity contribution in [3.63, 3.8) is 0 Å². The predicted molar refractivity (Wildman–Crippen MR) is 72.1 cm³/mol. The summed E-state index contributed by atoms with van der Waals surface area (Å²) in [6.45, 7) is 4.65. The van der Waals surface area contributed by atoms with E-state index in [0.717, 1.165) is 4.60 Å². The van der Waals surface area contributed by atoms with Crippen molar-refractivity contribution >= 4 is 21.7 Å². The molecule has 0 amide bonds. The van der Waals surface area contributed by atoms with Gasteiger partial charge in [0.05, 0.1) is 5.60 Å². The third kappa shape index (κ3) is 5.43. The van der Waals surface area contributed by atoms with Gasteiger partial charge in [-0.1, -0.05) is 0 Å². The molecule has 0 aliphatic rings. The van der Waals surface area contributed by atoms with Gasteiger partial charge in [-0.15, -0.1) is 0 Å². The van der Waals surface area contributed by atoms with Crippen molar-refractivity contribution in [3.8, 4) is 0 Å². The van der Waals surface area contributed by atoms with Gasteiger partial charge in [-0.25, -0.2) is 9.97 Å². The highest BCUT2D eigenvalue weighted by Gasteiger charge is 2.21. The Morgan fingerprint density at radius 3 is 2.65 bits per heavy atom. The van der Waals surface area contributed by atoms with Gasteiger partial charge in [-0.3, -0.25) is 0 Å². The molecule has 96 valence electrons. The number of hydrogen-bond donors (Lipinski definition) is 2. The first kappa shape index (κ1) is 14.3. The van der Waals surface area contributed by atoms with Crippen molar-refractivity contribution in [2.45, 2.75) is 19.4 Å². The Labute approximate surface area is 110 Å². The van der Waals surface area contributed by atoms with Crippen molar-refractivity contribution in [1.29, 1.82) is 0 Å². The largest absolute Gasteiger partial charge is 0.387 e. The summed E-state index contributed by atoms with van der Waals surface area (Å²) in [6.07, 6.45) is 0. The van der Waals surface area contributed by atoms with E-state index in [-0.39, 0.29) is 0 Å². The van der Waals surface area contributed by atoms with Gasteiger partial charge in [-0.05, 0) is 43.9 Å². The first-order chi connectivity index (χ1) is 7.78. The van der Waals surface area contributed by atoms with Crippen LogP contribution in [0.4, 0.5) is 5.82 Å². The Kier molecular flexibility index (Phi) is 4.85. The van der Waals surface area contributed by atoms with Crippen molar-refractivity contribution in [2.24, 2.45) is 0 Å². The average molecular weight is 303 g/mol. The highest BCUT2D eigenvalue weighted by Crippen LogP contribution is 2.13. The molecule has 2 N–H and O–H groups in total. The molecule has 1 aromatic rings. The zero-order chi connectivity index (χ0) is 13.1. The third-order valence-corrected chi connectivity index (χ3v) is 2.52. The van der Waals surface area contributed by atoms with Crippen LogP contribution in [0.25, 0.3) is 0 Å². The van der Waals surface area contributed by atoms with Crippen molar-refractivity contribution in [3.05, 3.63) is 16.5 Å². The summed E-state index contributed by atoms with van der Waals surface area (Å²) in [4.78, 5) is 10.3. The number of nitrogens with zero attached hydrogens (tertiary/aromatic N) is 3. The third-order valence-electron chi connectivity index (χ3n) is 2.11. The second kappa shape index (κ2) is 5.75. The van der Waals surface area contributed by atoms with Gasteiger partial charge in [0.2, 0.25) is 0 Å². The molecule has 0 radical (unpaired) electrons. The van der Waals surface area contributed by atoms with E-state index in [9.17, 15) is 5.11 Å². The van der Waals surface area contributed by atoms with Gasteiger partial charge in [0.1, 0.15) is 16.2 Å². The quantitative estimate of drug-likeness (QED) is 0.802. The van der Waals surface area contributed by atoms with Gasteiger partial charge in [0.15, 0.2) is 0 Å². The fourth-order valence-electron chi connectivity index (χ4n) is 1.64. The van der Waals surface area contributed by atoms with Crippen LogP contribution in [-0.2, 0) is 0 Å². The molecule has 1 unspecified atom stereocenters. The molecule has 17 heavy (non-hydrogen) atoms. The molecule has 0 bridgehead atoms. The van der Waals surface area contributed by atoms with E-state index in [1.807, 2.05) is 25.9 Å². The summed E-state index contributed by atoms with van der Waals surface area (Å²) in [5, 5.41) is 13.2. The van der Waals surface area contributed by atoms with Crippen LogP contribution >= 0.6 is 15.9 Å². The zero-order valence-electron chi connectivity index (χ0n) is 10.7. The normalized spacial score (nSPS) is 14.8. The van der Waals surface area contributed by atoms with E-state index < -0.39 is 5.60 Å². The van der Waals surface area contributed by atoms with E-state index in [0.29, 0.717) is 24.7 Å². The molecule has 0 spiro atoms. The number of aryl methyl sites for hydroxylation is 1. The van der Waals surface area contributed by atoms with Crippen LogP contribution in [-0.4, -0.2) is 52.8 Å². The van der Waals surface area contributed by atoms with Crippen molar-refractivity contribution in [1.82, 2.24) is 14.9 Å². The van der Waals surface area contributed by atoms with E-state index in [1.165, 1.54) is 0 Å². The number of nitrogens with one attached hydrogen (secondary N) is 1. The van der Waals surface area contributed by atoms with Crippen LogP contribution in [0.2, 0.25) is 0 Å². The standard InChI is InChI=1S/C11H19BrN4O/c1-8-14-9(12)5-10(15-8)13-6-11(2,17)7-16(3)4/h5,17H,6-7H2,1-4H3,(H,13,14,15). The smallest absolute Gasteiger partial charge is 0.130 e. The predicted octanol–water partition coefficient (Wildman–Crippen LogP) is 1.27. The molecule has 0 saturated carbocycles. The maximum absolute atomic E-state index is 10.1. The summed E-state index contributed by atoms with van der Waals surface area (Å²) in [6, 6.07) is 1.79. The molecular weight excluding hydrogens is 284 g/mol. The molecule has 1 aromatic heterocycles. The summed E-state index contributed by atoms with van der Waals surface area (Å²) in [5.41, 5.74) is -0.797. The molecule has 6 heteroatoms. The van der Waals surface area contributed by atoms with Crippen LogP contribution in [0.3, 0.4) is 0 Å². The molecule has 1 heterocycles. The number of halogens is 1. The summed E-state index contributed by atoms with van der Waals surface area (Å²) in [5.74, 6) is 1.40. The van der Waals surface area contributed by atoms with Crippen LogP contribution in [0.15, 0.2) is 10.7 Å². The number of aromatic nitrogens is 2. The summed E-state index contributed by atoms with van der Waals surface area (Å²) in [7, 11) is 3.86. The van der Waals surface area contributed by atoms with Crippen LogP contribution in [0.5, 0.6) is 0 Å². The Morgan fingerprint density at radius 1 is 1.47 bits per heavy atom. The zero-order valence-corrected chi connectivity index (χ0v) is 12.2. The Bertz CT molecular complexity index is 361. The number of aliphatic hydroxyl groups is 1. The first-order valence-corrected chi connectivity index (χ1v) is 6.20. The number of anilines is 1. The van der Waals surface area contributed by atoms with E-state index in [2.05, 4.69) is 31.2 Å². The second-order valence-corrected chi connectivity index (χ2v) is 5.52. The van der Waals surface area contributed by atoms with Gasteiger partial charge in [0, 0.05) is 19.2 Å². The van der Waals surface area contributed by atoms with Gasteiger partial charge >= 0.3 is 0 Å². The fourth-order valence-corrected chi connectivity index (χ4v) is 2.11.